The van der Waals surface area contributed by atoms with E-state index in [1.807, 2.05) is 18.2 Å². The quantitative estimate of drug-likeness (QED) is 0.499. The molecule has 0 bridgehead atoms. The third-order valence-corrected chi connectivity index (χ3v) is 2.17. The maximum atomic E-state index is 5.55. The summed E-state index contributed by atoms with van der Waals surface area (Å²) in [5.41, 5.74) is 0. The van der Waals surface area contributed by atoms with Gasteiger partial charge in [-0.1, -0.05) is 0 Å². The zero-order valence-electron chi connectivity index (χ0n) is 9.76. The number of pyridine rings is 1. The fourth-order valence-corrected chi connectivity index (χ4v) is 1.33. The van der Waals surface area contributed by atoms with Gasteiger partial charge < -0.3 is 9.47 Å². The molecule has 0 N–H and O–H groups in total. The van der Waals surface area contributed by atoms with E-state index in [1.54, 1.807) is 25.8 Å². The molecule has 0 aliphatic rings. The third kappa shape index (κ3) is 6.06. The molecule has 0 aliphatic carbocycles. The van der Waals surface area contributed by atoms with Crippen molar-refractivity contribution in [2.45, 2.75) is 25.7 Å². The minimum absolute atomic E-state index is 0.776. The molecule has 16 heavy (non-hydrogen) atoms. The Labute approximate surface area is 97.1 Å². The van der Waals surface area contributed by atoms with Crippen LogP contribution in [-0.2, 0) is 4.74 Å². The van der Waals surface area contributed by atoms with Gasteiger partial charge in [0.25, 0.3) is 0 Å². The molecule has 1 aromatic rings. The highest BCUT2D eigenvalue weighted by molar-refractivity contribution is 5.16. The van der Waals surface area contributed by atoms with Crippen LogP contribution in [0.3, 0.4) is 0 Å². The highest BCUT2D eigenvalue weighted by Crippen LogP contribution is 2.08. The summed E-state index contributed by atoms with van der Waals surface area (Å²) in [6, 6.07) is 3.75. The Morgan fingerprint density at radius 1 is 1.19 bits per heavy atom. The lowest BCUT2D eigenvalue weighted by atomic mass is 10.2. The molecule has 88 valence electrons. The maximum absolute atomic E-state index is 5.55. The first-order valence-corrected chi connectivity index (χ1v) is 5.64. The lowest BCUT2D eigenvalue weighted by molar-refractivity contribution is 0.305. The molecular weight excluding hydrogens is 202 g/mol. The van der Waals surface area contributed by atoms with Gasteiger partial charge in [0.05, 0.1) is 20.0 Å². The van der Waals surface area contributed by atoms with E-state index in [0.29, 0.717) is 0 Å². The Morgan fingerprint density at radius 3 is 2.75 bits per heavy atom. The third-order valence-electron chi connectivity index (χ3n) is 2.17. The summed E-state index contributed by atoms with van der Waals surface area (Å²) in [5, 5.41) is 0. The molecule has 1 heterocycles. The topological polar surface area (TPSA) is 31.4 Å². The van der Waals surface area contributed by atoms with Gasteiger partial charge in [0.2, 0.25) is 0 Å². The Hall–Kier alpha value is -1.51. The van der Waals surface area contributed by atoms with Crippen molar-refractivity contribution in [3.63, 3.8) is 0 Å². The molecule has 0 fully saturated rings. The van der Waals surface area contributed by atoms with Crippen LogP contribution in [0.25, 0.3) is 0 Å². The fraction of sp³-hybridized carbons (Fsp3) is 0.462. The van der Waals surface area contributed by atoms with E-state index >= 15 is 0 Å². The summed E-state index contributed by atoms with van der Waals surface area (Å²) in [6.07, 6.45) is 11.8. The van der Waals surface area contributed by atoms with Crippen LogP contribution in [0.5, 0.6) is 5.75 Å². The first kappa shape index (κ1) is 12.6. The Bertz CT molecular complexity index is 285. The van der Waals surface area contributed by atoms with Gasteiger partial charge in [-0.3, -0.25) is 4.98 Å². The molecule has 0 radical (unpaired) electrons. The summed E-state index contributed by atoms with van der Waals surface area (Å²) in [4.78, 5) is 3.93. The standard InChI is InChI=1S/C13H19NO2/c1-15-11-5-3-2-4-6-12-16-13-7-9-14-10-8-13/h5,7-11H,2-4,6,12H2,1H3/b11-5+. The second-order valence-electron chi connectivity index (χ2n) is 3.49. The van der Waals surface area contributed by atoms with Gasteiger partial charge in [0.1, 0.15) is 5.75 Å². The van der Waals surface area contributed by atoms with Gasteiger partial charge >= 0.3 is 0 Å². The van der Waals surface area contributed by atoms with Crippen molar-refractivity contribution in [3.8, 4) is 5.75 Å². The van der Waals surface area contributed by atoms with Crippen molar-refractivity contribution in [2.75, 3.05) is 13.7 Å². The molecule has 3 nitrogen and oxygen atoms in total. The number of hydrogen-bond acceptors (Lipinski definition) is 3. The van der Waals surface area contributed by atoms with Gasteiger partial charge in [-0.15, -0.1) is 0 Å². The molecule has 0 unspecified atom stereocenters. The maximum Gasteiger partial charge on any atom is 0.122 e. The van der Waals surface area contributed by atoms with Gasteiger partial charge in [0.15, 0.2) is 0 Å². The van der Waals surface area contributed by atoms with Crippen molar-refractivity contribution < 1.29 is 9.47 Å². The van der Waals surface area contributed by atoms with E-state index in [2.05, 4.69) is 4.98 Å². The number of unbranched alkanes of at least 4 members (excludes halogenated alkanes) is 3. The van der Waals surface area contributed by atoms with Crippen LogP contribution in [-0.4, -0.2) is 18.7 Å². The van der Waals surface area contributed by atoms with Gasteiger partial charge in [-0.2, -0.15) is 0 Å². The van der Waals surface area contributed by atoms with Crippen molar-refractivity contribution in [2.24, 2.45) is 0 Å². The average Bonchev–Trinajstić information content (AvgIpc) is 2.34. The fourth-order valence-electron chi connectivity index (χ4n) is 1.33. The summed E-state index contributed by atoms with van der Waals surface area (Å²) < 4.78 is 10.4. The predicted molar refractivity (Wildman–Crippen MR) is 64.3 cm³/mol. The van der Waals surface area contributed by atoms with E-state index < -0.39 is 0 Å². The number of allylic oxidation sites excluding steroid dienone is 1. The number of rotatable bonds is 8. The molecule has 1 aromatic heterocycles. The Kier molecular flexibility index (Phi) is 6.88. The number of ether oxygens (including phenoxy) is 2. The van der Waals surface area contributed by atoms with Crippen molar-refractivity contribution in [3.05, 3.63) is 36.9 Å². The number of aromatic nitrogens is 1. The second kappa shape index (κ2) is 8.77. The summed E-state index contributed by atoms with van der Waals surface area (Å²) in [7, 11) is 1.67. The molecule has 0 atom stereocenters. The first-order valence-electron chi connectivity index (χ1n) is 5.64. The van der Waals surface area contributed by atoms with Crippen molar-refractivity contribution in [1.82, 2.24) is 4.98 Å². The number of methoxy groups -OCH3 is 1. The van der Waals surface area contributed by atoms with Crippen LogP contribution in [0.1, 0.15) is 25.7 Å². The molecule has 0 aromatic carbocycles. The van der Waals surface area contributed by atoms with Crippen LogP contribution in [0.4, 0.5) is 0 Å². The summed E-state index contributed by atoms with van der Waals surface area (Å²) in [5.74, 6) is 0.897. The molecule has 0 saturated heterocycles. The second-order valence-corrected chi connectivity index (χ2v) is 3.49. The largest absolute Gasteiger partial charge is 0.505 e. The van der Waals surface area contributed by atoms with E-state index in [4.69, 9.17) is 9.47 Å². The molecule has 0 spiro atoms. The minimum Gasteiger partial charge on any atom is -0.505 e. The smallest absolute Gasteiger partial charge is 0.122 e. The van der Waals surface area contributed by atoms with E-state index in [9.17, 15) is 0 Å². The highest BCUT2D eigenvalue weighted by Gasteiger charge is 1.92. The molecule has 3 heteroatoms. The molecular formula is C13H19NO2. The Morgan fingerprint density at radius 2 is 2.00 bits per heavy atom. The van der Waals surface area contributed by atoms with Crippen LogP contribution >= 0.6 is 0 Å². The van der Waals surface area contributed by atoms with Crippen LogP contribution in [0, 0.1) is 0 Å². The lowest BCUT2D eigenvalue weighted by Crippen LogP contribution is -1.96. The van der Waals surface area contributed by atoms with Gasteiger partial charge in [-0.05, 0) is 43.9 Å². The Balaban J connectivity index is 1.94. The first-order chi connectivity index (χ1) is 7.93. The van der Waals surface area contributed by atoms with Gasteiger partial charge in [0, 0.05) is 12.4 Å². The van der Waals surface area contributed by atoms with Crippen molar-refractivity contribution >= 4 is 0 Å². The van der Waals surface area contributed by atoms with E-state index in [0.717, 1.165) is 25.2 Å². The van der Waals surface area contributed by atoms with Crippen LogP contribution in [0.15, 0.2) is 36.9 Å². The monoisotopic (exact) mass is 221 g/mol. The SMILES string of the molecule is CO/C=C/CCCCCOc1ccncc1. The highest BCUT2D eigenvalue weighted by atomic mass is 16.5. The molecule has 0 amide bonds. The molecule has 0 aliphatic heterocycles. The van der Waals surface area contributed by atoms with Gasteiger partial charge in [-0.25, -0.2) is 0 Å². The summed E-state index contributed by atoms with van der Waals surface area (Å²) >= 11 is 0. The molecule has 0 saturated carbocycles. The zero-order valence-corrected chi connectivity index (χ0v) is 9.76. The van der Waals surface area contributed by atoms with Crippen LogP contribution < -0.4 is 4.74 Å². The lowest BCUT2D eigenvalue weighted by Gasteiger charge is -2.04. The minimum atomic E-state index is 0.776. The van der Waals surface area contributed by atoms with E-state index in [-0.39, 0.29) is 0 Å². The van der Waals surface area contributed by atoms with Crippen LogP contribution in [0.2, 0.25) is 0 Å². The number of hydrogen-bond donors (Lipinski definition) is 0. The normalized spacial score (nSPS) is 10.6. The average molecular weight is 221 g/mol. The predicted octanol–water partition coefficient (Wildman–Crippen LogP) is 3.18. The van der Waals surface area contributed by atoms with Crippen molar-refractivity contribution in [1.29, 1.82) is 0 Å². The zero-order chi connectivity index (χ0) is 11.5. The molecule has 1 rings (SSSR count). The number of nitrogens with zero attached hydrogens (tertiary/aromatic N) is 1. The summed E-state index contributed by atoms with van der Waals surface area (Å²) in [6.45, 7) is 0.776. The van der Waals surface area contributed by atoms with E-state index in [1.165, 1.54) is 12.8 Å².